The fourth-order valence-electron chi connectivity index (χ4n) is 2.27. The number of nitrogens with one attached hydrogen (secondary N) is 2. The molecular weight excluding hydrogens is 361 g/mol. The van der Waals surface area contributed by atoms with Gasteiger partial charge >= 0.3 is 0 Å². The molecule has 3 rings (SSSR count). The molecule has 128 valence electrons. The van der Waals surface area contributed by atoms with E-state index in [0.29, 0.717) is 21.5 Å². The predicted molar refractivity (Wildman–Crippen MR) is 99.2 cm³/mol. The number of halogens is 2. The highest BCUT2D eigenvalue weighted by Gasteiger charge is 2.16. The lowest BCUT2D eigenvalue weighted by atomic mass is 10.2. The van der Waals surface area contributed by atoms with Crippen LogP contribution in [0.3, 0.4) is 0 Å². The van der Waals surface area contributed by atoms with E-state index in [9.17, 15) is 4.79 Å². The Morgan fingerprint density at radius 2 is 1.96 bits per heavy atom. The van der Waals surface area contributed by atoms with E-state index in [1.165, 1.54) is 0 Å². The van der Waals surface area contributed by atoms with E-state index in [2.05, 4.69) is 15.3 Å². The molecule has 1 atom stereocenters. The molecule has 0 fully saturated rings. The van der Waals surface area contributed by atoms with E-state index in [1.54, 1.807) is 43.6 Å². The second-order valence-corrected chi connectivity index (χ2v) is 6.25. The molecule has 1 aromatic heterocycles. The predicted octanol–water partition coefficient (Wildman–Crippen LogP) is 4.79. The van der Waals surface area contributed by atoms with Crippen molar-refractivity contribution in [3.63, 3.8) is 0 Å². The Kier molecular flexibility index (Phi) is 5.26. The molecule has 0 bridgehead atoms. The first-order chi connectivity index (χ1) is 12.0. The van der Waals surface area contributed by atoms with E-state index >= 15 is 0 Å². The Morgan fingerprint density at radius 3 is 2.64 bits per heavy atom. The van der Waals surface area contributed by atoms with Crippen LogP contribution in [0, 0.1) is 0 Å². The van der Waals surface area contributed by atoms with Crippen LogP contribution in [-0.4, -0.2) is 22.0 Å². The van der Waals surface area contributed by atoms with E-state index in [0.717, 1.165) is 11.4 Å². The summed E-state index contributed by atoms with van der Waals surface area (Å²) >= 11 is 11.9. The van der Waals surface area contributed by atoms with Crippen molar-refractivity contribution in [2.45, 2.75) is 13.0 Å². The van der Waals surface area contributed by atoms with Gasteiger partial charge in [0.1, 0.15) is 11.6 Å². The van der Waals surface area contributed by atoms with Gasteiger partial charge in [0.25, 0.3) is 5.91 Å². The molecule has 2 N–H and O–H groups in total. The molecule has 0 aliphatic heterocycles. The minimum absolute atomic E-state index is 0.285. The van der Waals surface area contributed by atoms with Gasteiger partial charge in [-0.05, 0) is 37.3 Å². The molecule has 0 aliphatic carbocycles. The second-order valence-electron chi connectivity index (χ2n) is 5.37. The van der Waals surface area contributed by atoms with Gasteiger partial charge in [-0.1, -0.05) is 35.3 Å². The lowest BCUT2D eigenvalue weighted by Crippen LogP contribution is -2.30. The van der Waals surface area contributed by atoms with E-state index in [4.69, 9.17) is 27.9 Å². The zero-order valence-corrected chi connectivity index (χ0v) is 14.8. The van der Waals surface area contributed by atoms with Crippen LogP contribution in [0.25, 0.3) is 11.4 Å². The minimum Gasteiger partial charge on any atom is -0.481 e. The van der Waals surface area contributed by atoms with Crippen molar-refractivity contribution >= 4 is 34.8 Å². The highest BCUT2D eigenvalue weighted by molar-refractivity contribution is 6.34. The van der Waals surface area contributed by atoms with Crippen LogP contribution >= 0.6 is 23.2 Å². The smallest absolute Gasteiger partial charge is 0.265 e. The summed E-state index contributed by atoms with van der Waals surface area (Å²) in [6.07, 6.45) is 2.70. The Labute approximate surface area is 155 Å². The summed E-state index contributed by atoms with van der Waals surface area (Å²) in [5.41, 5.74) is 1.52. The second kappa shape index (κ2) is 7.59. The third-order valence-corrected chi connectivity index (χ3v) is 3.86. The maximum Gasteiger partial charge on any atom is 0.265 e. The van der Waals surface area contributed by atoms with Crippen LogP contribution in [0.4, 0.5) is 5.69 Å². The molecule has 0 saturated heterocycles. The molecule has 0 aliphatic rings. The molecule has 2 aromatic carbocycles. The van der Waals surface area contributed by atoms with Crippen molar-refractivity contribution in [1.82, 2.24) is 9.97 Å². The van der Waals surface area contributed by atoms with E-state index in [1.807, 2.05) is 18.2 Å². The first-order valence-corrected chi connectivity index (χ1v) is 8.30. The Morgan fingerprint density at radius 1 is 1.20 bits per heavy atom. The quantitative estimate of drug-likeness (QED) is 0.673. The summed E-state index contributed by atoms with van der Waals surface area (Å²) < 4.78 is 5.61. The molecule has 3 aromatic rings. The summed E-state index contributed by atoms with van der Waals surface area (Å²) in [7, 11) is 0. The van der Waals surface area contributed by atoms with Crippen molar-refractivity contribution in [2.75, 3.05) is 5.32 Å². The number of nitrogens with zero attached hydrogens (tertiary/aromatic N) is 1. The first-order valence-electron chi connectivity index (χ1n) is 7.55. The Balaban J connectivity index is 1.68. The standard InChI is InChI=1S/C18H15Cl2N3O2/c1-11(25-16-9-13(19)8-14(20)10-16)18(24)23-15-4-2-3-12(7-15)17-21-5-6-22-17/h2-11H,1H3,(H,21,22)(H,23,24). The molecule has 0 radical (unpaired) electrons. The van der Waals surface area contributed by atoms with Crippen LogP contribution < -0.4 is 10.1 Å². The fraction of sp³-hybridized carbons (Fsp3) is 0.111. The first kappa shape index (κ1) is 17.3. The maximum absolute atomic E-state index is 12.4. The van der Waals surface area contributed by atoms with Crippen molar-refractivity contribution < 1.29 is 9.53 Å². The SMILES string of the molecule is CC(Oc1cc(Cl)cc(Cl)c1)C(=O)Nc1cccc(-c2ncc[nH]2)c1. The van der Waals surface area contributed by atoms with Crippen molar-refractivity contribution in [2.24, 2.45) is 0 Å². The number of aromatic amines is 1. The van der Waals surface area contributed by atoms with Gasteiger partial charge in [0.2, 0.25) is 0 Å². The zero-order valence-electron chi connectivity index (χ0n) is 13.3. The lowest BCUT2D eigenvalue weighted by Gasteiger charge is -2.15. The van der Waals surface area contributed by atoms with Crippen LogP contribution in [0.2, 0.25) is 10.0 Å². The normalized spacial score (nSPS) is 11.8. The Hall–Kier alpha value is -2.50. The van der Waals surface area contributed by atoms with E-state index < -0.39 is 6.10 Å². The number of amides is 1. The average molecular weight is 376 g/mol. The summed E-state index contributed by atoms with van der Waals surface area (Å²) in [6.45, 7) is 1.65. The van der Waals surface area contributed by atoms with Crippen LogP contribution in [0.5, 0.6) is 5.75 Å². The number of imidazole rings is 1. The average Bonchev–Trinajstić information content (AvgIpc) is 3.08. The summed E-state index contributed by atoms with van der Waals surface area (Å²) in [4.78, 5) is 19.6. The molecule has 1 heterocycles. The van der Waals surface area contributed by atoms with Gasteiger partial charge in [0.15, 0.2) is 6.10 Å². The lowest BCUT2D eigenvalue weighted by molar-refractivity contribution is -0.122. The third kappa shape index (κ3) is 4.53. The van der Waals surface area contributed by atoms with Crippen molar-refractivity contribution in [3.05, 3.63) is 64.9 Å². The van der Waals surface area contributed by atoms with Gasteiger partial charge in [0, 0.05) is 33.7 Å². The monoisotopic (exact) mass is 375 g/mol. The van der Waals surface area contributed by atoms with Gasteiger partial charge < -0.3 is 15.0 Å². The maximum atomic E-state index is 12.4. The number of hydrogen-bond acceptors (Lipinski definition) is 3. The highest BCUT2D eigenvalue weighted by Crippen LogP contribution is 2.25. The van der Waals surface area contributed by atoms with Gasteiger partial charge in [-0.25, -0.2) is 4.98 Å². The van der Waals surface area contributed by atoms with Crippen LogP contribution in [0.1, 0.15) is 6.92 Å². The molecular formula is C18H15Cl2N3O2. The van der Waals surface area contributed by atoms with Gasteiger partial charge in [-0.15, -0.1) is 0 Å². The highest BCUT2D eigenvalue weighted by atomic mass is 35.5. The summed E-state index contributed by atoms with van der Waals surface area (Å²) in [5, 5.41) is 3.71. The number of aromatic nitrogens is 2. The Bertz CT molecular complexity index is 862. The van der Waals surface area contributed by atoms with Crippen molar-refractivity contribution in [1.29, 1.82) is 0 Å². The molecule has 1 unspecified atom stereocenters. The molecule has 0 saturated carbocycles. The zero-order chi connectivity index (χ0) is 17.8. The largest absolute Gasteiger partial charge is 0.481 e. The van der Waals surface area contributed by atoms with Crippen molar-refractivity contribution in [3.8, 4) is 17.1 Å². The number of carbonyl (C=O) groups excluding carboxylic acids is 1. The summed E-state index contributed by atoms with van der Waals surface area (Å²) in [6, 6.07) is 12.2. The van der Waals surface area contributed by atoms with Gasteiger partial charge in [-0.3, -0.25) is 4.79 Å². The third-order valence-electron chi connectivity index (χ3n) is 3.42. The molecule has 7 heteroatoms. The molecule has 5 nitrogen and oxygen atoms in total. The minimum atomic E-state index is -0.721. The number of carbonyl (C=O) groups is 1. The fourth-order valence-corrected chi connectivity index (χ4v) is 2.77. The van der Waals surface area contributed by atoms with Gasteiger partial charge in [0.05, 0.1) is 0 Å². The molecule has 1 amide bonds. The molecule has 25 heavy (non-hydrogen) atoms. The van der Waals surface area contributed by atoms with Gasteiger partial charge in [-0.2, -0.15) is 0 Å². The van der Waals surface area contributed by atoms with Crippen LogP contribution in [0.15, 0.2) is 54.9 Å². The number of anilines is 1. The van der Waals surface area contributed by atoms with E-state index in [-0.39, 0.29) is 5.91 Å². The molecule has 0 spiro atoms. The number of ether oxygens (including phenoxy) is 1. The summed E-state index contributed by atoms with van der Waals surface area (Å²) in [5.74, 6) is 0.881. The van der Waals surface area contributed by atoms with Crippen LogP contribution in [-0.2, 0) is 4.79 Å². The number of benzene rings is 2. The topological polar surface area (TPSA) is 67.0 Å². The number of H-pyrrole nitrogens is 1. The number of rotatable bonds is 5. The number of hydrogen-bond donors (Lipinski definition) is 2.